The fraction of sp³-hybridized carbons (Fsp3) is 0.333. The number of hydroxylamine groups is 1. The first-order valence-electron chi connectivity index (χ1n) is 7.54. The summed E-state index contributed by atoms with van der Waals surface area (Å²) in [4.78, 5) is 11.2. The number of rotatable bonds is 3. The summed E-state index contributed by atoms with van der Waals surface area (Å²) < 4.78 is 5.78. The van der Waals surface area contributed by atoms with Gasteiger partial charge < -0.3 is 4.74 Å². The summed E-state index contributed by atoms with van der Waals surface area (Å²) in [6.07, 6.45) is 0. The van der Waals surface area contributed by atoms with Crippen LogP contribution in [0.4, 0.5) is 5.69 Å². The Morgan fingerprint density at radius 1 is 1.04 bits per heavy atom. The number of fused-ring (bicyclic) bond motifs is 1. The van der Waals surface area contributed by atoms with Gasteiger partial charge in [0, 0.05) is 5.56 Å². The van der Waals surface area contributed by atoms with Crippen molar-refractivity contribution in [2.45, 2.75) is 32.1 Å². The van der Waals surface area contributed by atoms with E-state index >= 15 is 0 Å². The molecule has 1 atom stereocenters. The predicted molar refractivity (Wildman–Crippen MR) is 85.1 cm³/mol. The van der Waals surface area contributed by atoms with Crippen molar-refractivity contribution in [3.63, 3.8) is 0 Å². The van der Waals surface area contributed by atoms with E-state index in [0.717, 1.165) is 5.06 Å². The SMILES string of the molecule is CC(C)(C)OOC1(c2ccccc2)COc2ccccc2N1[O]. The third-order valence-corrected chi connectivity index (χ3v) is 3.49. The maximum absolute atomic E-state index is 13.1. The summed E-state index contributed by atoms with van der Waals surface area (Å²) in [7, 11) is 0. The van der Waals surface area contributed by atoms with Gasteiger partial charge in [-0.2, -0.15) is 9.95 Å². The van der Waals surface area contributed by atoms with Gasteiger partial charge in [-0.1, -0.05) is 47.7 Å². The van der Waals surface area contributed by atoms with Crippen molar-refractivity contribution in [1.82, 2.24) is 0 Å². The first-order chi connectivity index (χ1) is 10.9. The van der Waals surface area contributed by atoms with Crippen molar-refractivity contribution in [2.24, 2.45) is 0 Å². The molecule has 5 nitrogen and oxygen atoms in total. The molecule has 0 fully saturated rings. The normalized spacial score (nSPS) is 20.8. The standard InChI is InChI=1S/C18H20NO4/c1-17(2,3)22-23-18(14-9-5-4-6-10-14)13-21-16-12-8-7-11-15(16)19(18)20/h4-12H,13H2,1-3H3. The maximum atomic E-state index is 13.1. The molecule has 0 N–H and O–H groups in total. The summed E-state index contributed by atoms with van der Waals surface area (Å²) in [5.74, 6) is 0.536. The van der Waals surface area contributed by atoms with Crippen LogP contribution in [0.25, 0.3) is 0 Å². The molecule has 23 heavy (non-hydrogen) atoms. The molecule has 121 valence electrons. The Morgan fingerprint density at radius 2 is 1.70 bits per heavy atom. The molecule has 0 bridgehead atoms. The number of ether oxygens (including phenoxy) is 1. The molecule has 2 aromatic rings. The smallest absolute Gasteiger partial charge is 0.260 e. The van der Waals surface area contributed by atoms with E-state index in [2.05, 4.69) is 0 Å². The van der Waals surface area contributed by atoms with Crippen LogP contribution in [-0.2, 0) is 20.7 Å². The Morgan fingerprint density at radius 3 is 2.39 bits per heavy atom. The fourth-order valence-electron chi connectivity index (χ4n) is 2.37. The Labute approximate surface area is 135 Å². The summed E-state index contributed by atoms with van der Waals surface area (Å²) in [5, 5.41) is 13.9. The average Bonchev–Trinajstić information content (AvgIpc) is 2.55. The summed E-state index contributed by atoms with van der Waals surface area (Å²) in [6, 6.07) is 16.3. The third-order valence-electron chi connectivity index (χ3n) is 3.49. The van der Waals surface area contributed by atoms with Crippen LogP contribution in [0.5, 0.6) is 5.75 Å². The van der Waals surface area contributed by atoms with E-state index in [-0.39, 0.29) is 6.61 Å². The highest BCUT2D eigenvalue weighted by Gasteiger charge is 2.48. The van der Waals surface area contributed by atoms with Gasteiger partial charge in [0.1, 0.15) is 18.0 Å². The quantitative estimate of drug-likeness (QED) is 0.638. The molecule has 2 aromatic carbocycles. The Kier molecular flexibility index (Phi) is 4.02. The highest BCUT2D eigenvalue weighted by molar-refractivity contribution is 5.60. The first kappa shape index (κ1) is 15.8. The van der Waals surface area contributed by atoms with Gasteiger partial charge in [-0.05, 0) is 32.9 Å². The third kappa shape index (κ3) is 3.03. The van der Waals surface area contributed by atoms with Crippen LogP contribution in [0.2, 0.25) is 0 Å². The topological polar surface area (TPSA) is 50.8 Å². The zero-order valence-electron chi connectivity index (χ0n) is 13.5. The van der Waals surface area contributed by atoms with Crippen molar-refractivity contribution in [3.05, 3.63) is 60.2 Å². The molecule has 1 aliphatic heterocycles. The molecule has 1 unspecified atom stereocenters. The molecule has 0 spiro atoms. The van der Waals surface area contributed by atoms with Crippen LogP contribution in [0, 0.1) is 0 Å². The van der Waals surface area contributed by atoms with Crippen LogP contribution < -0.4 is 9.80 Å². The largest absolute Gasteiger partial charge is 0.486 e. The van der Waals surface area contributed by atoms with Crippen molar-refractivity contribution >= 4 is 5.69 Å². The molecule has 3 rings (SSSR count). The first-order valence-corrected chi connectivity index (χ1v) is 7.54. The van der Waals surface area contributed by atoms with Gasteiger partial charge in [-0.3, -0.25) is 0 Å². The zero-order valence-corrected chi connectivity index (χ0v) is 13.5. The molecule has 0 saturated carbocycles. The van der Waals surface area contributed by atoms with Crippen molar-refractivity contribution in [2.75, 3.05) is 11.7 Å². The molecule has 0 aliphatic carbocycles. The van der Waals surface area contributed by atoms with Gasteiger partial charge in [0.25, 0.3) is 5.72 Å². The van der Waals surface area contributed by atoms with Gasteiger partial charge in [-0.25, -0.2) is 4.89 Å². The van der Waals surface area contributed by atoms with Gasteiger partial charge >= 0.3 is 0 Å². The second-order valence-corrected chi connectivity index (χ2v) is 6.48. The van der Waals surface area contributed by atoms with E-state index in [1.165, 1.54) is 0 Å². The molecule has 0 saturated heterocycles. The van der Waals surface area contributed by atoms with E-state index in [1.807, 2.05) is 57.2 Å². The molecule has 0 aromatic heterocycles. The summed E-state index contributed by atoms with van der Waals surface area (Å²) in [5.41, 5.74) is -0.850. The molecule has 1 aliphatic rings. The molecule has 1 heterocycles. The van der Waals surface area contributed by atoms with Gasteiger partial charge in [-0.15, -0.1) is 0 Å². The minimum Gasteiger partial charge on any atom is -0.486 e. The van der Waals surface area contributed by atoms with Crippen LogP contribution in [0.15, 0.2) is 54.6 Å². The Bertz CT molecular complexity index is 668. The summed E-state index contributed by atoms with van der Waals surface area (Å²) in [6.45, 7) is 5.61. The number of hydrogen-bond donors (Lipinski definition) is 0. The van der Waals surface area contributed by atoms with Gasteiger partial charge in [0.15, 0.2) is 0 Å². The Balaban J connectivity index is 2.03. The van der Waals surface area contributed by atoms with Crippen LogP contribution in [-0.4, -0.2) is 12.2 Å². The molecular formula is C18H20NO4. The van der Waals surface area contributed by atoms with Crippen LogP contribution >= 0.6 is 0 Å². The Hall–Kier alpha value is -2.08. The zero-order chi connectivity index (χ0) is 16.5. The molecule has 5 heteroatoms. The highest BCUT2D eigenvalue weighted by atomic mass is 17.2. The minimum absolute atomic E-state index is 0.0353. The highest BCUT2D eigenvalue weighted by Crippen LogP contribution is 2.43. The van der Waals surface area contributed by atoms with E-state index in [1.54, 1.807) is 18.2 Å². The molecule has 0 amide bonds. The average molecular weight is 314 g/mol. The fourth-order valence-corrected chi connectivity index (χ4v) is 2.37. The monoisotopic (exact) mass is 314 g/mol. The van der Waals surface area contributed by atoms with Crippen molar-refractivity contribution in [3.8, 4) is 5.75 Å². The maximum Gasteiger partial charge on any atom is 0.260 e. The number of benzene rings is 2. The second-order valence-electron chi connectivity index (χ2n) is 6.48. The lowest BCUT2D eigenvalue weighted by molar-refractivity contribution is -0.424. The second kappa shape index (κ2) is 5.85. The van der Waals surface area contributed by atoms with E-state index in [9.17, 15) is 5.21 Å². The number of nitrogens with zero attached hydrogens (tertiary/aromatic N) is 1. The van der Waals surface area contributed by atoms with Crippen molar-refractivity contribution in [1.29, 1.82) is 0 Å². The van der Waals surface area contributed by atoms with E-state index in [0.29, 0.717) is 17.0 Å². The van der Waals surface area contributed by atoms with Gasteiger partial charge in [0.05, 0.1) is 5.60 Å². The van der Waals surface area contributed by atoms with Crippen molar-refractivity contribution < 1.29 is 19.7 Å². The number of hydrogen-bond acceptors (Lipinski definition) is 4. The lowest BCUT2D eigenvalue weighted by atomic mass is 10.0. The van der Waals surface area contributed by atoms with Crippen LogP contribution in [0.1, 0.15) is 26.3 Å². The summed E-state index contributed by atoms with van der Waals surface area (Å²) >= 11 is 0. The molecular weight excluding hydrogens is 294 g/mol. The van der Waals surface area contributed by atoms with Gasteiger partial charge in [0.2, 0.25) is 0 Å². The van der Waals surface area contributed by atoms with Crippen LogP contribution in [0.3, 0.4) is 0 Å². The van der Waals surface area contributed by atoms with E-state index < -0.39 is 11.3 Å². The lowest BCUT2D eigenvalue weighted by Gasteiger charge is -2.42. The number of para-hydroxylation sites is 2. The number of anilines is 1. The predicted octanol–water partition coefficient (Wildman–Crippen LogP) is 3.83. The van der Waals surface area contributed by atoms with E-state index in [4.69, 9.17) is 14.5 Å². The molecule has 1 radical (unpaired) electrons. The minimum atomic E-state index is -1.39. The lowest BCUT2D eigenvalue weighted by Crippen LogP contribution is -2.53.